The summed E-state index contributed by atoms with van der Waals surface area (Å²) in [7, 11) is 1.48. The van der Waals surface area contributed by atoms with E-state index >= 15 is 0 Å². The van der Waals surface area contributed by atoms with E-state index in [1.165, 1.54) is 17.0 Å². The molecule has 1 aromatic rings. The largest absolute Gasteiger partial charge is 0.311 e. The highest BCUT2D eigenvalue weighted by atomic mass is 35.7. The lowest BCUT2D eigenvalue weighted by Gasteiger charge is -2.17. The molecular formula is C10H7Cl4NO3S. The van der Waals surface area contributed by atoms with E-state index in [0.717, 1.165) is 0 Å². The maximum Gasteiger partial charge on any atom is 0.237 e. The van der Waals surface area contributed by atoms with E-state index < -0.39 is 14.3 Å². The standard InChI is InChI=1S/C10H7Cl4NO3S/c11-7-1-5(2-8(12)10(7)13)15-4-6(3-9(15)16)19(14,17)18/h1-2,6H,3-4H2. The summed E-state index contributed by atoms with van der Waals surface area (Å²) in [5.41, 5.74) is 0.396. The lowest BCUT2D eigenvalue weighted by atomic mass is 10.3. The Hall–Kier alpha value is -0.200. The zero-order chi connectivity index (χ0) is 14.4. The van der Waals surface area contributed by atoms with Crippen LogP contribution in [0.25, 0.3) is 0 Å². The summed E-state index contributed by atoms with van der Waals surface area (Å²) in [6, 6.07) is 2.91. The van der Waals surface area contributed by atoms with Crippen molar-refractivity contribution >= 4 is 66.1 Å². The van der Waals surface area contributed by atoms with Crippen LogP contribution in [0.1, 0.15) is 6.42 Å². The molecule has 1 saturated heterocycles. The van der Waals surface area contributed by atoms with Crippen molar-refractivity contribution in [1.82, 2.24) is 0 Å². The molecule has 0 N–H and O–H groups in total. The molecular weight excluding hydrogens is 356 g/mol. The predicted molar refractivity (Wildman–Crippen MR) is 77.0 cm³/mol. The SMILES string of the molecule is O=C1CC(S(=O)(=O)Cl)CN1c1cc(Cl)c(Cl)c(Cl)c1. The van der Waals surface area contributed by atoms with Crippen LogP contribution in [0.2, 0.25) is 15.1 Å². The van der Waals surface area contributed by atoms with Crippen molar-refractivity contribution in [2.45, 2.75) is 11.7 Å². The lowest BCUT2D eigenvalue weighted by Crippen LogP contribution is -2.26. The van der Waals surface area contributed by atoms with Gasteiger partial charge in [0.2, 0.25) is 15.0 Å². The van der Waals surface area contributed by atoms with E-state index in [4.69, 9.17) is 45.5 Å². The number of halogens is 4. The van der Waals surface area contributed by atoms with E-state index in [1.54, 1.807) is 0 Å². The third kappa shape index (κ3) is 3.11. The molecule has 1 aliphatic heterocycles. The van der Waals surface area contributed by atoms with Crippen molar-refractivity contribution in [2.75, 3.05) is 11.4 Å². The summed E-state index contributed by atoms with van der Waals surface area (Å²) in [5, 5.41) is -0.376. The highest BCUT2D eigenvalue weighted by Crippen LogP contribution is 2.36. The second-order valence-corrected chi connectivity index (χ2v) is 8.13. The summed E-state index contributed by atoms with van der Waals surface area (Å²) in [4.78, 5) is 13.1. The molecule has 4 nitrogen and oxygen atoms in total. The number of hydrogen-bond donors (Lipinski definition) is 0. The fourth-order valence-corrected chi connectivity index (χ4v) is 3.42. The fraction of sp³-hybridized carbons (Fsp3) is 0.300. The van der Waals surface area contributed by atoms with Crippen LogP contribution >= 0.6 is 45.5 Å². The van der Waals surface area contributed by atoms with Gasteiger partial charge < -0.3 is 4.90 Å². The molecule has 1 aromatic carbocycles. The number of rotatable bonds is 2. The van der Waals surface area contributed by atoms with Crippen molar-refractivity contribution in [3.05, 3.63) is 27.2 Å². The molecule has 19 heavy (non-hydrogen) atoms. The molecule has 0 saturated carbocycles. The first-order valence-electron chi connectivity index (χ1n) is 5.08. The zero-order valence-corrected chi connectivity index (χ0v) is 13.1. The number of nitrogens with zero attached hydrogens (tertiary/aromatic N) is 1. The molecule has 0 aromatic heterocycles. The van der Waals surface area contributed by atoms with Gasteiger partial charge >= 0.3 is 0 Å². The molecule has 1 aliphatic rings. The van der Waals surface area contributed by atoms with Gasteiger partial charge in [-0.15, -0.1) is 0 Å². The Morgan fingerprint density at radius 3 is 2.11 bits per heavy atom. The molecule has 1 unspecified atom stereocenters. The molecule has 1 heterocycles. The summed E-state index contributed by atoms with van der Waals surface area (Å²) in [5.74, 6) is -0.358. The quantitative estimate of drug-likeness (QED) is 0.599. The van der Waals surface area contributed by atoms with Crippen LogP contribution in [-0.2, 0) is 13.8 Å². The summed E-state index contributed by atoms with van der Waals surface area (Å²) < 4.78 is 22.5. The van der Waals surface area contributed by atoms with Crippen molar-refractivity contribution in [3.63, 3.8) is 0 Å². The second kappa shape index (κ2) is 5.30. The van der Waals surface area contributed by atoms with Gasteiger partial charge in [0.25, 0.3) is 0 Å². The number of amides is 1. The van der Waals surface area contributed by atoms with Gasteiger partial charge in [-0.2, -0.15) is 0 Å². The van der Waals surface area contributed by atoms with Crippen molar-refractivity contribution in [3.8, 4) is 0 Å². The summed E-state index contributed by atoms with van der Waals surface area (Å²) in [6.45, 7) is -0.0288. The Balaban J connectivity index is 2.36. The average Bonchev–Trinajstić information content (AvgIpc) is 2.67. The molecule has 9 heteroatoms. The minimum atomic E-state index is -3.79. The predicted octanol–water partition coefficient (Wildman–Crippen LogP) is 3.32. The Morgan fingerprint density at radius 2 is 1.68 bits per heavy atom. The van der Waals surface area contributed by atoms with E-state index in [9.17, 15) is 13.2 Å². The minimum absolute atomic E-state index is 0.0288. The molecule has 1 atom stereocenters. The van der Waals surface area contributed by atoms with E-state index in [1.807, 2.05) is 0 Å². The smallest absolute Gasteiger partial charge is 0.237 e. The van der Waals surface area contributed by atoms with E-state index in [0.29, 0.717) is 5.69 Å². The second-order valence-electron chi connectivity index (χ2n) is 4.03. The van der Waals surface area contributed by atoms with Gasteiger partial charge in [-0.3, -0.25) is 4.79 Å². The van der Waals surface area contributed by atoms with Gasteiger partial charge in [-0.25, -0.2) is 8.42 Å². The number of benzene rings is 1. The van der Waals surface area contributed by atoms with Gasteiger partial charge in [0.15, 0.2) is 0 Å². The average molecular weight is 363 g/mol. The van der Waals surface area contributed by atoms with Crippen LogP contribution < -0.4 is 4.90 Å². The van der Waals surface area contributed by atoms with Crippen LogP contribution in [-0.4, -0.2) is 26.1 Å². The maximum absolute atomic E-state index is 11.8. The topological polar surface area (TPSA) is 54.5 Å². The Morgan fingerprint density at radius 1 is 1.16 bits per heavy atom. The Labute approximate surface area is 129 Å². The van der Waals surface area contributed by atoms with Crippen molar-refractivity contribution in [1.29, 1.82) is 0 Å². The van der Waals surface area contributed by atoms with E-state index in [2.05, 4.69) is 0 Å². The number of anilines is 1. The zero-order valence-electron chi connectivity index (χ0n) is 9.24. The third-order valence-corrected chi connectivity index (χ3v) is 5.83. The molecule has 0 radical (unpaired) electrons. The lowest BCUT2D eigenvalue weighted by molar-refractivity contribution is -0.117. The van der Waals surface area contributed by atoms with Crippen LogP contribution in [0, 0.1) is 0 Å². The molecule has 1 fully saturated rings. The normalized spacial score (nSPS) is 20.1. The third-order valence-electron chi connectivity index (χ3n) is 2.77. The highest BCUT2D eigenvalue weighted by Gasteiger charge is 2.38. The van der Waals surface area contributed by atoms with Gasteiger partial charge in [0.05, 0.1) is 15.1 Å². The number of carbonyl (C=O) groups is 1. The highest BCUT2D eigenvalue weighted by molar-refractivity contribution is 8.14. The molecule has 0 spiro atoms. The molecule has 104 valence electrons. The first-order chi connectivity index (χ1) is 8.70. The Kier molecular flexibility index (Phi) is 4.23. The van der Waals surface area contributed by atoms with Crippen LogP contribution in [0.3, 0.4) is 0 Å². The summed E-state index contributed by atoms with van der Waals surface area (Å²) >= 11 is 17.6. The monoisotopic (exact) mass is 361 g/mol. The Bertz CT molecular complexity index is 623. The van der Waals surface area contributed by atoms with E-state index in [-0.39, 0.29) is 33.9 Å². The summed E-state index contributed by atoms with van der Waals surface area (Å²) in [6.07, 6.45) is -0.163. The van der Waals surface area contributed by atoms with Crippen molar-refractivity contribution in [2.24, 2.45) is 0 Å². The molecule has 0 aliphatic carbocycles. The molecule has 0 bridgehead atoms. The molecule has 2 rings (SSSR count). The van der Waals surface area contributed by atoms with Gasteiger partial charge in [0.1, 0.15) is 5.25 Å². The first kappa shape index (κ1) is 15.2. The van der Waals surface area contributed by atoms with Crippen LogP contribution in [0.4, 0.5) is 5.69 Å². The fourth-order valence-electron chi connectivity index (χ4n) is 1.81. The van der Waals surface area contributed by atoms with Gasteiger partial charge in [-0.05, 0) is 12.1 Å². The van der Waals surface area contributed by atoms with Gasteiger partial charge in [0, 0.05) is 29.3 Å². The first-order valence-corrected chi connectivity index (χ1v) is 8.59. The molecule has 1 amide bonds. The number of carbonyl (C=O) groups excluding carboxylic acids is 1. The number of hydrogen-bond acceptors (Lipinski definition) is 3. The van der Waals surface area contributed by atoms with Crippen LogP contribution in [0.5, 0.6) is 0 Å². The van der Waals surface area contributed by atoms with Crippen molar-refractivity contribution < 1.29 is 13.2 Å². The van der Waals surface area contributed by atoms with Crippen LogP contribution in [0.15, 0.2) is 12.1 Å². The van der Waals surface area contributed by atoms with Gasteiger partial charge in [-0.1, -0.05) is 34.8 Å². The minimum Gasteiger partial charge on any atom is -0.311 e. The maximum atomic E-state index is 11.8.